The van der Waals surface area contributed by atoms with Gasteiger partial charge in [0.05, 0.1) is 13.2 Å². The van der Waals surface area contributed by atoms with Crippen molar-refractivity contribution < 1.29 is 28.5 Å². The fourth-order valence-corrected chi connectivity index (χ4v) is 1.46. The molecule has 0 amide bonds. The van der Waals surface area contributed by atoms with E-state index in [0.717, 1.165) is 19.4 Å². The van der Waals surface area contributed by atoms with Crippen LogP contribution in [0.4, 0.5) is 0 Å². The molecular formula is C18H36O6. The zero-order valence-electron chi connectivity index (χ0n) is 16.3. The molecule has 24 heavy (non-hydrogen) atoms. The molecule has 6 heteroatoms. The van der Waals surface area contributed by atoms with E-state index in [4.69, 9.17) is 18.9 Å². The van der Waals surface area contributed by atoms with Crippen molar-refractivity contribution in [1.29, 1.82) is 0 Å². The van der Waals surface area contributed by atoms with Crippen molar-refractivity contribution in [1.82, 2.24) is 0 Å². The van der Waals surface area contributed by atoms with E-state index in [1.54, 1.807) is 13.8 Å². The fraction of sp³-hybridized carbons (Fsp3) is 0.889. The van der Waals surface area contributed by atoms with Crippen molar-refractivity contribution in [2.45, 2.75) is 79.4 Å². The molecule has 2 atom stereocenters. The zero-order chi connectivity index (χ0) is 18.8. The van der Waals surface area contributed by atoms with Crippen LogP contribution in [-0.4, -0.2) is 50.6 Å². The summed E-state index contributed by atoms with van der Waals surface area (Å²) < 4.78 is 20.3. The summed E-state index contributed by atoms with van der Waals surface area (Å²) in [6.45, 7) is 13.7. The third-order valence-corrected chi connectivity index (χ3v) is 2.79. The molecule has 6 nitrogen and oxygen atoms in total. The molecule has 0 fully saturated rings. The average molecular weight is 348 g/mol. The highest BCUT2D eigenvalue weighted by atomic mass is 16.6. The van der Waals surface area contributed by atoms with E-state index in [-0.39, 0.29) is 24.1 Å². The van der Waals surface area contributed by atoms with Gasteiger partial charge >= 0.3 is 11.9 Å². The Balaban J connectivity index is 0. The van der Waals surface area contributed by atoms with Crippen LogP contribution in [0.1, 0.15) is 67.2 Å². The first-order chi connectivity index (χ1) is 11.4. The minimum absolute atomic E-state index is 0.121. The lowest BCUT2D eigenvalue weighted by Crippen LogP contribution is -2.20. The molecule has 0 N–H and O–H groups in total. The van der Waals surface area contributed by atoms with Crippen LogP contribution >= 0.6 is 0 Å². The highest BCUT2D eigenvalue weighted by Gasteiger charge is 2.07. The Kier molecular flexibility index (Phi) is 19.0. The molecule has 0 saturated carbocycles. The molecule has 0 aliphatic rings. The Morgan fingerprint density at radius 3 is 1.62 bits per heavy atom. The van der Waals surface area contributed by atoms with Crippen molar-refractivity contribution in [3.8, 4) is 0 Å². The Bertz CT molecular complexity index is 306. The molecule has 0 rings (SSSR count). The smallest absolute Gasteiger partial charge is 0.305 e. The summed E-state index contributed by atoms with van der Waals surface area (Å²) in [5, 5.41) is 0. The van der Waals surface area contributed by atoms with Gasteiger partial charge in [-0.2, -0.15) is 0 Å². The van der Waals surface area contributed by atoms with E-state index in [1.807, 2.05) is 20.8 Å². The zero-order valence-corrected chi connectivity index (χ0v) is 16.3. The molecule has 0 aromatic rings. The van der Waals surface area contributed by atoms with Crippen LogP contribution in [0.25, 0.3) is 0 Å². The van der Waals surface area contributed by atoms with Gasteiger partial charge in [0.2, 0.25) is 0 Å². The van der Waals surface area contributed by atoms with E-state index in [0.29, 0.717) is 32.7 Å². The maximum absolute atomic E-state index is 10.8. The summed E-state index contributed by atoms with van der Waals surface area (Å²) in [5.41, 5.74) is 0. The molecule has 0 aliphatic heterocycles. The second-order valence-electron chi connectivity index (χ2n) is 5.40. The number of hydrogen-bond acceptors (Lipinski definition) is 6. The van der Waals surface area contributed by atoms with Crippen molar-refractivity contribution in [2.75, 3.05) is 26.4 Å². The first-order valence-corrected chi connectivity index (χ1v) is 8.95. The van der Waals surface area contributed by atoms with Gasteiger partial charge in [-0.3, -0.25) is 9.59 Å². The van der Waals surface area contributed by atoms with Crippen LogP contribution < -0.4 is 0 Å². The summed E-state index contributed by atoms with van der Waals surface area (Å²) in [6.07, 6.45) is 2.81. The molecule has 0 aliphatic carbocycles. The highest BCUT2D eigenvalue weighted by Crippen LogP contribution is 1.97. The first kappa shape index (κ1) is 25.1. The second-order valence-corrected chi connectivity index (χ2v) is 5.40. The van der Waals surface area contributed by atoms with Gasteiger partial charge in [-0.15, -0.1) is 0 Å². The lowest BCUT2D eigenvalue weighted by Gasteiger charge is -2.12. The van der Waals surface area contributed by atoms with Gasteiger partial charge in [0, 0.05) is 26.1 Å². The van der Waals surface area contributed by atoms with Crippen LogP contribution in [0, 0.1) is 0 Å². The minimum Gasteiger partial charge on any atom is -0.460 e. The normalized spacial score (nSPS) is 12.6. The number of rotatable bonds is 12. The monoisotopic (exact) mass is 348 g/mol. The Hall–Kier alpha value is -1.14. The van der Waals surface area contributed by atoms with Gasteiger partial charge in [-0.1, -0.05) is 27.2 Å². The maximum Gasteiger partial charge on any atom is 0.305 e. The van der Waals surface area contributed by atoms with Crippen molar-refractivity contribution >= 4 is 11.9 Å². The van der Waals surface area contributed by atoms with Gasteiger partial charge in [0.15, 0.2) is 0 Å². The Labute approximate surface area is 147 Å². The molecule has 0 spiro atoms. The molecule has 144 valence electrons. The van der Waals surface area contributed by atoms with Crippen LogP contribution in [0.15, 0.2) is 0 Å². The molecular weight excluding hydrogens is 312 g/mol. The van der Waals surface area contributed by atoms with Crippen LogP contribution in [-0.2, 0) is 28.5 Å². The predicted octanol–water partition coefficient (Wildman–Crippen LogP) is 3.51. The molecule has 0 bridgehead atoms. The molecule has 0 aromatic carbocycles. The van der Waals surface area contributed by atoms with E-state index in [2.05, 4.69) is 6.92 Å². The van der Waals surface area contributed by atoms with Gasteiger partial charge in [-0.05, 0) is 27.2 Å². The van der Waals surface area contributed by atoms with Gasteiger partial charge in [0.1, 0.15) is 12.2 Å². The largest absolute Gasteiger partial charge is 0.460 e. The number of carbonyl (C=O) groups is 2. The molecule has 0 radical (unpaired) electrons. The lowest BCUT2D eigenvalue weighted by atomic mass is 10.3. The first-order valence-electron chi connectivity index (χ1n) is 8.95. The minimum atomic E-state index is -0.169. The van der Waals surface area contributed by atoms with Gasteiger partial charge in [-0.25, -0.2) is 0 Å². The summed E-state index contributed by atoms with van der Waals surface area (Å²) in [4.78, 5) is 21.5. The quantitative estimate of drug-likeness (QED) is 0.397. The number of hydrogen-bond donors (Lipinski definition) is 0. The predicted molar refractivity (Wildman–Crippen MR) is 93.9 cm³/mol. The van der Waals surface area contributed by atoms with Crippen LogP contribution in [0.3, 0.4) is 0 Å². The third-order valence-electron chi connectivity index (χ3n) is 2.79. The van der Waals surface area contributed by atoms with Gasteiger partial charge < -0.3 is 18.9 Å². The Morgan fingerprint density at radius 1 is 0.792 bits per heavy atom. The average Bonchev–Trinajstić information content (AvgIpc) is 2.57. The SMILES string of the molecule is CCCCOCC(C)OC(=O)CC.CCOCC(C)OC(=O)CC. The summed E-state index contributed by atoms with van der Waals surface area (Å²) in [7, 11) is 0. The van der Waals surface area contributed by atoms with Gasteiger partial charge in [0.25, 0.3) is 0 Å². The Morgan fingerprint density at radius 2 is 1.25 bits per heavy atom. The highest BCUT2D eigenvalue weighted by molar-refractivity contribution is 5.69. The van der Waals surface area contributed by atoms with Crippen LogP contribution in [0.5, 0.6) is 0 Å². The molecule has 2 unspecified atom stereocenters. The maximum atomic E-state index is 10.8. The van der Waals surface area contributed by atoms with Crippen molar-refractivity contribution in [3.05, 3.63) is 0 Å². The number of esters is 2. The fourth-order valence-electron chi connectivity index (χ4n) is 1.46. The lowest BCUT2D eigenvalue weighted by molar-refractivity contribution is -0.151. The summed E-state index contributed by atoms with van der Waals surface area (Å²) in [6, 6.07) is 0. The van der Waals surface area contributed by atoms with E-state index < -0.39 is 0 Å². The van der Waals surface area contributed by atoms with E-state index >= 15 is 0 Å². The number of ether oxygens (including phenoxy) is 4. The topological polar surface area (TPSA) is 71.1 Å². The second kappa shape index (κ2) is 18.2. The molecule has 0 saturated heterocycles. The van der Waals surface area contributed by atoms with Crippen LogP contribution in [0.2, 0.25) is 0 Å². The van der Waals surface area contributed by atoms with Crippen molar-refractivity contribution in [2.24, 2.45) is 0 Å². The summed E-state index contributed by atoms with van der Waals surface area (Å²) >= 11 is 0. The molecule has 0 aromatic heterocycles. The third kappa shape index (κ3) is 18.9. The van der Waals surface area contributed by atoms with E-state index in [1.165, 1.54) is 0 Å². The van der Waals surface area contributed by atoms with E-state index in [9.17, 15) is 9.59 Å². The number of unbranched alkanes of at least 4 members (excludes halogenated alkanes) is 1. The summed E-state index contributed by atoms with van der Waals surface area (Å²) in [5.74, 6) is -0.330. The standard InChI is InChI=1S/C10H20O3.C8H16O3/c1-4-6-7-12-8-9(3)13-10(11)5-2;1-4-8(9)11-7(3)6-10-5-2/h9H,4-8H2,1-3H3;7H,4-6H2,1-3H3. The molecule has 0 heterocycles. The van der Waals surface area contributed by atoms with Crippen molar-refractivity contribution in [3.63, 3.8) is 0 Å². The number of carbonyl (C=O) groups excluding carboxylic acids is 2.